The summed E-state index contributed by atoms with van der Waals surface area (Å²) in [5.41, 5.74) is 2.35. The average molecular weight is 424 g/mol. The number of nitrogens with zero attached hydrogens (tertiary/aromatic N) is 2. The number of piperazine rings is 1. The Morgan fingerprint density at radius 1 is 0.935 bits per heavy atom. The minimum atomic E-state index is 0.192. The molecule has 0 atom stereocenters. The van der Waals surface area contributed by atoms with Gasteiger partial charge in [0.2, 0.25) is 11.8 Å². The van der Waals surface area contributed by atoms with Crippen LogP contribution in [0, 0.1) is 23.2 Å². The molecule has 4 bridgehead atoms. The monoisotopic (exact) mass is 423 g/mol. The molecule has 5 aliphatic rings. The summed E-state index contributed by atoms with van der Waals surface area (Å²) in [6.07, 6.45) is 10.4. The molecule has 1 N–H and O–H groups in total. The molecule has 0 spiro atoms. The number of amides is 2. The summed E-state index contributed by atoms with van der Waals surface area (Å²) < 4.78 is 0. The molecule has 168 valence electrons. The number of carbonyl (C=O) groups excluding carboxylic acids is 2. The Morgan fingerprint density at radius 2 is 1.52 bits per heavy atom. The van der Waals surface area contributed by atoms with Crippen molar-refractivity contribution in [1.82, 2.24) is 4.90 Å². The van der Waals surface area contributed by atoms with Gasteiger partial charge in [0.05, 0.1) is 0 Å². The number of rotatable bonds is 6. The fourth-order valence-electron chi connectivity index (χ4n) is 7.39. The number of hydrogen-bond donors (Lipinski definition) is 1. The average Bonchev–Trinajstić information content (AvgIpc) is 2.73. The van der Waals surface area contributed by atoms with E-state index in [0.29, 0.717) is 12.8 Å². The van der Waals surface area contributed by atoms with Gasteiger partial charge in [0, 0.05) is 50.4 Å². The number of carbonyl (C=O) groups is 2. The maximum Gasteiger partial charge on any atom is 0.224 e. The molecule has 1 saturated heterocycles. The van der Waals surface area contributed by atoms with Crippen LogP contribution in [0.1, 0.15) is 64.7 Å². The first-order valence-electron chi connectivity index (χ1n) is 12.4. The van der Waals surface area contributed by atoms with E-state index in [1.54, 1.807) is 0 Å². The third-order valence-corrected chi connectivity index (χ3v) is 8.31. The fraction of sp³-hybridized carbons (Fsp3) is 0.692. The van der Waals surface area contributed by atoms with E-state index in [4.69, 9.17) is 0 Å². The smallest absolute Gasteiger partial charge is 0.224 e. The molecule has 4 aliphatic carbocycles. The maximum atomic E-state index is 12.9. The van der Waals surface area contributed by atoms with Crippen LogP contribution in [0.3, 0.4) is 0 Å². The first kappa shape index (κ1) is 20.8. The van der Waals surface area contributed by atoms with Crippen LogP contribution in [-0.2, 0) is 9.59 Å². The standard InChI is InChI=1S/C26H37N3O2/c1-2-3-25(31)29-10-8-28(9-11-29)23-6-4-22(5-7-23)27-24(30)18-26-15-19-12-20(16-26)14-21(13-19)17-26/h4-7,19-21H,2-3,8-18H2,1H3,(H,27,30). The van der Waals surface area contributed by atoms with E-state index in [9.17, 15) is 9.59 Å². The van der Waals surface area contributed by atoms with Gasteiger partial charge in [-0.1, -0.05) is 6.92 Å². The molecule has 1 heterocycles. The first-order chi connectivity index (χ1) is 15.0. The Balaban J connectivity index is 1.13. The molecular weight excluding hydrogens is 386 g/mol. The van der Waals surface area contributed by atoms with Gasteiger partial charge in [-0.25, -0.2) is 0 Å². The largest absolute Gasteiger partial charge is 0.368 e. The van der Waals surface area contributed by atoms with Gasteiger partial charge in [0.25, 0.3) is 0 Å². The van der Waals surface area contributed by atoms with Crippen molar-refractivity contribution in [3.05, 3.63) is 24.3 Å². The lowest BCUT2D eigenvalue weighted by molar-refractivity contribution is -0.131. The predicted molar refractivity (Wildman–Crippen MR) is 124 cm³/mol. The van der Waals surface area contributed by atoms with Gasteiger partial charge in [-0.2, -0.15) is 0 Å². The summed E-state index contributed by atoms with van der Waals surface area (Å²) in [4.78, 5) is 29.3. The van der Waals surface area contributed by atoms with Crippen molar-refractivity contribution in [1.29, 1.82) is 0 Å². The van der Waals surface area contributed by atoms with Crippen molar-refractivity contribution in [2.75, 3.05) is 36.4 Å². The maximum absolute atomic E-state index is 12.9. The zero-order valence-electron chi connectivity index (χ0n) is 18.9. The van der Waals surface area contributed by atoms with Gasteiger partial charge in [0.15, 0.2) is 0 Å². The van der Waals surface area contributed by atoms with Crippen LogP contribution in [0.4, 0.5) is 11.4 Å². The van der Waals surface area contributed by atoms with Gasteiger partial charge < -0.3 is 15.1 Å². The van der Waals surface area contributed by atoms with Gasteiger partial charge in [0.1, 0.15) is 0 Å². The van der Waals surface area contributed by atoms with Gasteiger partial charge in [-0.3, -0.25) is 9.59 Å². The third-order valence-electron chi connectivity index (χ3n) is 8.31. The highest BCUT2D eigenvalue weighted by atomic mass is 16.2. The second-order valence-corrected chi connectivity index (χ2v) is 10.8. The SMILES string of the molecule is CCCC(=O)N1CCN(c2ccc(NC(=O)CC34CC5CC(CC(C5)C3)C4)cc2)CC1. The number of benzene rings is 1. The van der Waals surface area contributed by atoms with Crippen LogP contribution in [0.2, 0.25) is 0 Å². The molecular formula is C26H37N3O2. The summed E-state index contributed by atoms with van der Waals surface area (Å²) >= 11 is 0. The Labute approximate surface area is 186 Å². The van der Waals surface area contributed by atoms with Crippen LogP contribution in [0.5, 0.6) is 0 Å². The molecule has 5 nitrogen and oxygen atoms in total. The van der Waals surface area contributed by atoms with Gasteiger partial charge >= 0.3 is 0 Å². The highest BCUT2D eigenvalue weighted by molar-refractivity contribution is 5.91. The molecule has 4 saturated carbocycles. The quantitative estimate of drug-likeness (QED) is 0.723. The lowest BCUT2D eigenvalue weighted by Gasteiger charge is -2.56. The molecule has 31 heavy (non-hydrogen) atoms. The van der Waals surface area contributed by atoms with E-state index in [1.807, 2.05) is 17.0 Å². The van der Waals surface area contributed by atoms with Crippen molar-refractivity contribution in [3.8, 4) is 0 Å². The lowest BCUT2D eigenvalue weighted by atomic mass is 9.49. The summed E-state index contributed by atoms with van der Waals surface area (Å²) in [5, 5.41) is 3.17. The van der Waals surface area contributed by atoms with Crippen molar-refractivity contribution in [3.63, 3.8) is 0 Å². The first-order valence-corrected chi connectivity index (χ1v) is 12.4. The zero-order chi connectivity index (χ0) is 21.4. The lowest BCUT2D eigenvalue weighted by Crippen LogP contribution is -2.48. The normalized spacial score (nSPS) is 31.7. The topological polar surface area (TPSA) is 52.7 Å². The van der Waals surface area contributed by atoms with Crippen molar-refractivity contribution in [2.45, 2.75) is 64.7 Å². The van der Waals surface area contributed by atoms with Gasteiger partial charge in [-0.05, 0) is 92.4 Å². The molecule has 2 amide bonds. The zero-order valence-corrected chi connectivity index (χ0v) is 18.9. The Morgan fingerprint density at radius 3 is 2.06 bits per heavy atom. The molecule has 1 aromatic carbocycles. The second kappa shape index (κ2) is 8.48. The molecule has 0 radical (unpaired) electrons. The Bertz CT molecular complexity index is 775. The minimum absolute atomic E-state index is 0.192. The summed E-state index contributed by atoms with van der Waals surface area (Å²) in [5.74, 6) is 3.13. The van der Waals surface area contributed by atoms with E-state index in [2.05, 4.69) is 29.3 Å². The van der Waals surface area contributed by atoms with Crippen molar-refractivity contribution >= 4 is 23.2 Å². The Hall–Kier alpha value is -2.04. The van der Waals surface area contributed by atoms with E-state index in [0.717, 1.165) is 56.0 Å². The predicted octanol–water partition coefficient (Wildman–Crippen LogP) is 4.68. The van der Waals surface area contributed by atoms with Crippen LogP contribution < -0.4 is 10.2 Å². The highest BCUT2D eigenvalue weighted by Crippen LogP contribution is 2.61. The van der Waals surface area contributed by atoms with Crippen LogP contribution in [-0.4, -0.2) is 42.9 Å². The molecule has 1 aromatic rings. The minimum Gasteiger partial charge on any atom is -0.368 e. The molecule has 0 aromatic heterocycles. The van der Waals surface area contributed by atoms with E-state index < -0.39 is 0 Å². The number of nitrogens with one attached hydrogen (secondary N) is 1. The third kappa shape index (κ3) is 4.47. The molecule has 6 rings (SSSR count). The van der Waals surface area contributed by atoms with Crippen LogP contribution >= 0.6 is 0 Å². The second-order valence-electron chi connectivity index (χ2n) is 10.8. The van der Waals surface area contributed by atoms with Crippen LogP contribution in [0.15, 0.2) is 24.3 Å². The number of anilines is 2. The number of hydrogen-bond acceptors (Lipinski definition) is 3. The Kier molecular flexibility index (Phi) is 5.70. The van der Waals surface area contributed by atoms with E-state index in [1.165, 1.54) is 44.2 Å². The van der Waals surface area contributed by atoms with Gasteiger partial charge in [-0.15, -0.1) is 0 Å². The fourth-order valence-corrected chi connectivity index (χ4v) is 7.39. The highest BCUT2D eigenvalue weighted by Gasteiger charge is 2.51. The summed E-state index contributed by atoms with van der Waals surface area (Å²) in [6, 6.07) is 8.26. The van der Waals surface area contributed by atoms with E-state index >= 15 is 0 Å². The molecule has 1 aliphatic heterocycles. The molecule has 5 heteroatoms. The van der Waals surface area contributed by atoms with Crippen molar-refractivity contribution in [2.24, 2.45) is 23.2 Å². The molecule has 5 fully saturated rings. The molecule has 0 unspecified atom stereocenters. The van der Waals surface area contributed by atoms with E-state index in [-0.39, 0.29) is 17.2 Å². The summed E-state index contributed by atoms with van der Waals surface area (Å²) in [7, 11) is 0. The summed E-state index contributed by atoms with van der Waals surface area (Å²) in [6.45, 7) is 5.38. The van der Waals surface area contributed by atoms with Crippen LogP contribution in [0.25, 0.3) is 0 Å². The van der Waals surface area contributed by atoms with Crippen molar-refractivity contribution < 1.29 is 9.59 Å².